The van der Waals surface area contributed by atoms with Gasteiger partial charge in [0.1, 0.15) is 29.6 Å². The molecule has 2 aliphatic rings. The number of aliphatic hydroxyl groups excluding tert-OH is 1. The van der Waals surface area contributed by atoms with Gasteiger partial charge in [-0.25, -0.2) is 8.78 Å². The highest BCUT2D eigenvalue weighted by Gasteiger charge is 2.48. The minimum atomic E-state index is -0.766. The van der Waals surface area contributed by atoms with Crippen molar-refractivity contribution < 1.29 is 28.1 Å². The third-order valence-corrected chi connectivity index (χ3v) is 6.45. The summed E-state index contributed by atoms with van der Waals surface area (Å²) in [4.78, 5) is 7.04. The number of nitrogens with one attached hydrogen (secondary N) is 1. The van der Waals surface area contributed by atoms with E-state index >= 15 is 4.39 Å². The second-order valence-electron chi connectivity index (χ2n) is 8.75. The third kappa shape index (κ3) is 3.55. The lowest BCUT2D eigenvalue weighted by Crippen LogP contribution is -2.34. The normalized spacial score (nSPS) is 24.0. The number of nitrogens with zero attached hydrogens (tertiary/aromatic N) is 1. The first-order chi connectivity index (χ1) is 16.5. The predicted octanol–water partition coefficient (Wildman–Crippen LogP) is 4.39. The van der Waals surface area contributed by atoms with Crippen LogP contribution in [0.4, 0.5) is 8.78 Å². The van der Waals surface area contributed by atoms with Crippen LogP contribution in [0.5, 0.6) is 6.01 Å². The molecule has 6 rings (SSSR count). The van der Waals surface area contributed by atoms with Crippen LogP contribution in [0.25, 0.3) is 33.3 Å². The fourth-order valence-electron chi connectivity index (χ4n) is 4.64. The van der Waals surface area contributed by atoms with Crippen LogP contribution >= 0.6 is 0 Å². The molecule has 34 heavy (non-hydrogen) atoms. The standard InChI is InChI=1S/C26H22F2N2O4/c1-13-2-4-14(5-3-13)15-6-8-16(9-7-15)21-17(27)10-18-23(22(21)28)30-26(29-18)34-20-12-33-24-19(31)11-32-25(20)24/h2-10,19-20,24-25,31H,11-12H2,1H3,(H,29,30)/t19-,20-,24-,25-/m1/s1. The Balaban J connectivity index is 1.29. The zero-order valence-electron chi connectivity index (χ0n) is 18.3. The van der Waals surface area contributed by atoms with Crippen LogP contribution in [-0.2, 0) is 9.47 Å². The number of aliphatic hydroxyl groups is 1. The molecule has 2 N–H and O–H groups in total. The smallest absolute Gasteiger partial charge is 0.295 e. The predicted molar refractivity (Wildman–Crippen MR) is 122 cm³/mol. The van der Waals surface area contributed by atoms with E-state index in [9.17, 15) is 9.50 Å². The summed E-state index contributed by atoms with van der Waals surface area (Å²) in [5.41, 5.74) is 3.58. The average Bonchev–Trinajstić information content (AvgIpc) is 3.52. The van der Waals surface area contributed by atoms with E-state index < -0.39 is 36.1 Å². The summed E-state index contributed by atoms with van der Waals surface area (Å²) < 4.78 is 47.3. The molecule has 0 aliphatic carbocycles. The number of aromatic nitrogens is 2. The Hall–Kier alpha value is -3.33. The van der Waals surface area contributed by atoms with Gasteiger partial charge in [0.2, 0.25) is 0 Å². The van der Waals surface area contributed by atoms with Gasteiger partial charge in [0.05, 0.1) is 24.3 Å². The molecule has 1 aromatic heterocycles. The van der Waals surface area contributed by atoms with Gasteiger partial charge in [0.15, 0.2) is 11.9 Å². The van der Waals surface area contributed by atoms with Gasteiger partial charge < -0.3 is 24.3 Å². The monoisotopic (exact) mass is 464 g/mol. The zero-order valence-corrected chi connectivity index (χ0v) is 18.3. The molecule has 0 radical (unpaired) electrons. The summed E-state index contributed by atoms with van der Waals surface area (Å²) in [7, 11) is 0. The van der Waals surface area contributed by atoms with E-state index in [1.807, 2.05) is 43.3 Å². The number of aromatic amines is 1. The van der Waals surface area contributed by atoms with E-state index in [-0.39, 0.29) is 35.8 Å². The lowest BCUT2D eigenvalue weighted by molar-refractivity contribution is 0.00706. The van der Waals surface area contributed by atoms with E-state index in [1.54, 1.807) is 12.1 Å². The third-order valence-electron chi connectivity index (χ3n) is 6.45. The summed E-state index contributed by atoms with van der Waals surface area (Å²) in [6.45, 7) is 2.39. The van der Waals surface area contributed by atoms with Gasteiger partial charge in [-0.05, 0) is 23.6 Å². The van der Waals surface area contributed by atoms with Crippen molar-refractivity contribution in [3.8, 4) is 28.3 Å². The number of rotatable bonds is 4. The Morgan fingerprint density at radius 3 is 2.32 bits per heavy atom. The molecule has 8 heteroatoms. The van der Waals surface area contributed by atoms with Gasteiger partial charge in [0, 0.05) is 6.07 Å². The maximum absolute atomic E-state index is 15.4. The highest BCUT2D eigenvalue weighted by molar-refractivity contribution is 5.84. The summed E-state index contributed by atoms with van der Waals surface area (Å²) >= 11 is 0. The highest BCUT2D eigenvalue weighted by Crippen LogP contribution is 2.34. The van der Waals surface area contributed by atoms with Crippen LogP contribution < -0.4 is 4.74 Å². The molecule has 0 amide bonds. The van der Waals surface area contributed by atoms with Crippen molar-refractivity contribution in [3.05, 3.63) is 71.8 Å². The number of halogens is 2. The van der Waals surface area contributed by atoms with Gasteiger partial charge in [-0.2, -0.15) is 4.98 Å². The van der Waals surface area contributed by atoms with Crippen LogP contribution in [0, 0.1) is 18.6 Å². The molecule has 0 spiro atoms. The van der Waals surface area contributed by atoms with Crippen molar-refractivity contribution in [2.75, 3.05) is 13.2 Å². The van der Waals surface area contributed by atoms with Crippen LogP contribution in [0.2, 0.25) is 0 Å². The molecule has 4 atom stereocenters. The second-order valence-corrected chi connectivity index (χ2v) is 8.75. The molecule has 2 saturated heterocycles. The molecule has 6 nitrogen and oxygen atoms in total. The minimum Gasteiger partial charge on any atom is -0.456 e. The largest absolute Gasteiger partial charge is 0.456 e. The first-order valence-electron chi connectivity index (χ1n) is 11.1. The number of H-pyrrole nitrogens is 1. The van der Waals surface area contributed by atoms with Crippen molar-refractivity contribution in [2.45, 2.75) is 31.3 Å². The number of hydrogen-bond acceptors (Lipinski definition) is 5. The van der Waals surface area contributed by atoms with Gasteiger partial charge >= 0.3 is 0 Å². The van der Waals surface area contributed by atoms with Gasteiger partial charge in [0.25, 0.3) is 6.01 Å². The summed E-state index contributed by atoms with van der Waals surface area (Å²) in [6, 6.07) is 16.4. The SMILES string of the molecule is Cc1ccc(-c2ccc(-c3c(F)cc4[nH]c(O[C@@H]5CO[C@H]6[C@@H]5OC[C@H]6O)nc4c3F)cc2)cc1. The number of hydrogen-bond donors (Lipinski definition) is 2. The van der Waals surface area contributed by atoms with Crippen molar-refractivity contribution in [1.82, 2.24) is 9.97 Å². The van der Waals surface area contributed by atoms with E-state index in [1.165, 1.54) is 6.07 Å². The molecule has 2 fully saturated rings. The Morgan fingerprint density at radius 1 is 0.941 bits per heavy atom. The van der Waals surface area contributed by atoms with Crippen LogP contribution in [0.15, 0.2) is 54.6 Å². The molecule has 2 aliphatic heterocycles. The quantitative estimate of drug-likeness (QED) is 0.469. The number of fused-ring (bicyclic) bond motifs is 2. The Morgan fingerprint density at radius 2 is 1.59 bits per heavy atom. The fraction of sp³-hybridized carbons (Fsp3) is 0.269. The van der Waals surface area contributed by atoms with Crippen LogP contribution in [0.1, 0.15) is 5.56 Å². The summed E-state index contributed by atoms with van der Waals surface area (Å²) in [6.07, 6.45) is -2.12. The maximum atomic E-state index is 15.4. The molecule has 0 bridgehead atoms. The van der Waals surface area contributed by atoms with Gasteiger partial charge in [-0.15, -0.1) is 0 Å². The lowest BCUT2D eigenvalue weighted by Gasteiger charge is -2.15. The number of benzene rings is 3. The second kappa shape index (κ2) is 8.16. The summed E-state index contributed by atoms with van der Waals surface area (Å²) in [5, 5.41) is 9.88. The van der Waals surface area contributed by atoms with Crippen LogP contribution in [-0.4, -0.2) is 52.7 Å². The molecule has 4 aromatic rings. The zero-order chi connectivity index (χ0) is 23.4. The van der Waals surface area contributed by atoms with E-state index in [2.05, 4.69) is 9.97 Å². The van der Waals surface area contributed by atoms with E-state index in [4.69, 9.17) is 14.2 Å². The molecule has 174 valence electrons. The van der Waals surface area contributed by atoms with E-state index in [0.29, 0.717) is 5.56 Å². The van der Waals surface area contributed by atoms with Crippen molar-refractivity contribution in [3.63, 3.8) is 0 Å². The van der Waals surface area contributed by atoms with Crippen molar-refractivity contribution in [1.29, 1.82) is 0 Å². The van der Waals surface area contributed by atoms with Crippen molar-refractivity contribution in [2.24, 2.45) is 0 Å². The topological polar surface area (TPSA) is 76.6 Å². The number of imidazole rings is 1. The average molecular weight is 464 g/mol. The van der Waals surface area contributed by atoms with Gasteiger partial charge in [-0.3, -0.25) is 0 Å². The van der Waals surface area contributed by atoms with Crippen molar-refractivity contribution >= 4 is 11.0 Å². The Bertz CT molecular complexity index is 1350. The maximum Gasteiger partial charge on any atom is 0.295 e. The molecule has 3 heterocycles. The molecule has 0 saturated carbocycles. The Labute approximate surface area is 194 Å². The minimum absolute atomic E-state index is 0.0168. The molecular weight excluding hydrogens is 442 g/mol. The summed E-state index contributed by atoms with van der Waals surface area (Å²) in [5.74, 6) is -1.47. The number of ether oxygens (including phenoxy) is 3. The first kappa shape index (κ1) is 21.2. The Kier molecular flexibility index (Phi) is 5.09. The van der Waals surface area contributed by atoms with Gasteiger partial charge in [-0.1, -0.05) is 54.1 Å². The highest BCUT2D eigenvalue weighted by atomic mass is 19.1. The number of aryl methyl sites for hydroxylation is 1. The lowest BCUT2D eigenvalue weighted by atomic mass is 9.99. The first-order valence-corrected chi connectivity index (χ1v) is 11.1. The van der Waals surface area contributed by atoms with Crippen LogP contribution in [0.3, 0.4) is 0 Å². The fourth-order valence-corrected chi connectivity index (χ4v) is 4.64. The molecule has 3 aromatic carbocycles. The molecule has 0 unspecified atom stereocenters. The van der Waals surface area contributed by atoms with E-state index in [0.717, 1.165) is 16.7 Å². The molecular formula is C26H22F2N2O4.